The lowest BCUT2D eigenvalue weighted by Gasteiger charge is -2.17. The molecule has 0 aromatic heterocycles. The lowest BCUT2D eigenvalue weighted by Crippen LogP contribution is -2.35. The molecule has 0 radical (unpaired) electrons. The van der Waals surface area contributed by atoms with E-state index in [1.54, 1.807) is 24.3 Å². The molecule has 2 N–H and O–H groups in total. The van der Waals surface area contributed by atoms with Crippen LogP contribution in [0.15, 0.2) is 48.5 Å². The molecule has 2 aromatic carbocycles. The molecule has 0 spiro atoms. The summed E-state index contributed by atoms with van der Waals surface area (Å²) in [5.41, 5.74) is 1.31. The fourth-order valence-corrected chi connectivity index (χ4v) is 2.78. The fourth-order valence-electron chi connectivity index (χ4n) is 2.59. The van der Waals surface area contributed by atoms with E-state index >= 15 is 0 Å². The van der Waals surface area contributed by atoms with E-state index in [2.05, 4.69) is 10.6 Å². The SMILES string of the molecule is CN(C)c1ccc(NC(=O)C2(C(=O)Nc3cccc(Cl)c3)CC2)cc1. The van der Waals surface area contributed by atoms with E-state index in [0.717, 1.165) is 5.69 Å². The highest BCUT2D eigenvalue weighted by Gasteiger charge is 2.56. The number of rotatable bonds is 5. The minimum Gasteiger partial charge on any atom is -0.378 e. The van der Waals surface area contributed by atoms with Crippen molar-refractivity contribution in [3.63, 3.8) is 0 Å². The zero-order chi connectivity index (χ0) is 18.0. The van der Waals surface area contributed by atoms with E-state index in [4.69, 9.17) is 11.6 Å². The maximum Gasteiger partial charge on any atom is 0.240 e. The molecular weight excluding hydrogens is 338 g/mol. The predicted molar refractivity (Wildman–Crippen MR) is 101 cm³/mol. The number of hydrogen-bond donors (Lipinski definition) is 2. The molecule has 130 valence electrons. The van der Waals surface area contributed by atoms with Gasteiger partial charge in [0.1, 0.15) is 5.41 Å². The van der Waals surface area contributed by atoms with Gasteiger partial charge in [0.15, 0.2) is 0 Å². The molecule has 1 aliphatic rings. The number of anilines is 3. The van der Waals surface area contributed by atoms with Crippen molar-refractivity contribution in [2.75, 3.05) is 29.6 Å². The van der Waals surface area contributed by atoms with Crippen molar-refractivity contribution in [3.8, 4) is 0 Å². The summed E-state index contributed by atoms with van der Waals surface area (Å²) in [6, 6.07) is 14.4. The lowest BCUT2D eigenvalue weighted by molar-refractivity contribution is -0.131. The Hall–Kier alpha value is -2.53. The number of benzene rings is 2. The van der Waals surface area contributed by atoms with Crippen LogP contribution < -0.4 is 15.5 Å². The normalized spacial score (nSPS) is 14.5. The van der Waals surface area contributed by atoms with Crippen molar-refractivity contribution in [1.82, 2.24) is 0 Å². The molecular formula is C19H20ClN3O2. The van der Waals surface area contributed by atoms with Gasteiger partial charge in [0.25, 0.3) is 0 Å². The van der Waals surface area contributed by atoms with Crippen LogP contribution in [0.5, 0.6) is 0 Å². The topological polar surface area (TPSA) is 61.4 Å². The van der Waals surface area contributed by atoms with E-state index < -0.39 is 5.41 Å². The lowest BCUT2D eigenvalue weighted by atomic mass is 10.0. The van der Waals surface area contributed by atoms with Gasteiger partial charge in [0.05, 0.1) is 0 Å². The zero-order valence-electron chi connectivity index (χ0n) is 14.2. The van der Waals surface area contributed by atoms with Gasteiger partial charge in [-0.1, -0.05) is 17.7 Å². The summed E-state index contributed by atoms with van der Waals surface area (Å²) in [6.45, 7) is 0. The number of nitrogens with one attached hydrogen (secondary N) is 2. The van der Waals surface area contributed by atoms with Gasteiger partial charge in [0, 0.05) is 36.2 Å². The van der Waals surface area contributed by atoms with Crippen molar-refractivity contribution < 1.29 is 9.59 Å². The van der Waals surface area contributed by atoms with E-state index in [1.807, 2.05) is 43.3 Å². The van der Waals surface area contributed by atoms with Gasteiger partial charge >= 0.3 is 0 Å². The molecule has 2 aromatic rings. The summed E-state index contributed by atoms with van der Waals surface area (Å²) in [6.07, 6.45) is 1.09. The second-order valence-corrected chi connectivity index (χ2v) is 6.88. The van der Waals surface area contributed by atoms with Crippen molar-refractivity contribution in [2.24, 2.45) is 5.41 Å². The minimum atomic E-state index is -0.997. The Morgan fingerprint density at radius 2 is 1.56 bits per heavy atom. The zero-order valence-corrected chi connectivity index (χ0v) is 14.9. The third-order valence-corrected chi connectivity index (χ3v) is 4.58. The second-order valence-electron chi connectivity index (χ2n) is 6.44. The summed E-state index contributed by atoms with van der Waals surface area (Å²) >= 11 is 5.93. The molecule has 1 fully saturated rings. The van der Waals surface area contributed by atoms with E-state index in [9.17, 15) is 9.59 Å². The van der Waals surface area contributed by atoms with E-state index in [-0.39, 0.29) is 11.8 Å². The Kier molecular flexibility index (Phi) is 4.68. The van der Waals surface area contributed by atoms with Gasteiger partial charge in [-0.05, 0) is 55.3 Å². The summed E-state index contributed by atoms with van der Waals surface area (Å²) < 4.78 is 0. The monoisotopic (exact) mass is 357 g/mol. The smallest absolute Gasteiger partial charge is 0.240 e. The molecule has 6 heteroatoms. The number of amides is 2. The minimum absolute atomic E-state index is 0.273. The van der Waals surface area contributed by atoms with Gasteiger partial charge in [-0.25, -0.2) is 0 Å². The average molecular weight is 358 g/mol. The maximum absolute atomic E-state index is 12.6. The first-order chi connectivity index (χ1) is 11.9. The molecule has 1 saturated carbocycles. The first-order valence-corrected chi connectivity index (χ1v) is 8.44. The van der Waals surface area contributed by atoms with Gasteiger partial charge < -0.3 is 15.5 Å². The highest BCUT2D eigenvalue weighted by atomic mass is 35.5. The molecule has 0 bridgehead atoms. The van der Waals surface area contributed by atoms with E-state index in [1.165, 1.54) is 0 Å². The third kappa shape index (κ3) is 3.77. The van der Waals surface area contributed by atoms with Crippen molar-refractivity contribution in [1.29, 1.82) is 0 Å². The Morgan fingerprint density at radius 3 is 2.08 bits per heavy atom. The van der Waals surface area contributed by atoms with Gasteiger partial charge in [-0.2, -0.15) is 0 Å². The Bertz CT molecular complexity index is 799. The van der Waals surface area contributed by atoms with Crippen LogP contribution in [0.25, 0.3) is 0 Å². The first kappa shape index (κ1) is 17.3. The number of nitrogens with zero attached hydrogens (tertiary/aromatic N) is 1. The highest BCUT2D eigenvalue weighted by molar-refractivity contribution is 6.31. The van der Waals surface area contributed by atoms with Crippen LogP contribution in [-0.2, 0) is 9.59 Å². The molecule has 0 saturated heterocycles. The summed E-state index contributed by atoms with van der Waals surface area (Å²) in [7, 11) is 3.90. The standard InChI is InChI=1S/C19H20ClN3O2/c1-23(2)16-8-6-14(7-9-16)21-17(24)19(10-11-19)18(25)22-15-5-3-4-13(20)12-15/h3-9,12H,10-11H2,1-2H3,(H,21,24)(H,22,25). The Morgan fingerprint density at radius 1 is 0.960 bits per heavy atom. The van der Waals surface area contributed by atoms with Gasteiger partial charge in [-0.15, -0.1) is 0 Å². The molecule has 3 rings (SSSR count). The molecule has 0 atom stereocenters. The number of carbonyl (C=O) groups excluding carboxylic acids is 2. The fraction of sp³-hybridized carbons (Fsp3) is 0.263. The molecule has 0 unspecified atom stereocenters. The van der Waals surface area contributed by atoms with Crippen molar-refractivity contribution >= 4 is 40.5 Å². The van der Waals surface area contributed by atoms with Crippen molar-refractivity contribution in [3.05, 3.63) is 53.6 Å². The summed E-state index contributed by atoms with van der Waals surface area (Å²) in [5.74, 6) is -0.568. The van der Waals surface area contributed by atoms with Crippen molar-refractivity contribution in [2.45, 2.75) is 12.8 Å². The third-order valence-electron chi connectivity index (χ3n) is 4.34. The molecule has 25 heavy (non-hydrogen) atoms. The number of carbonyl (C=O) groups is 2. The average Bonchev–Trinajstić information content (AvgIpc) is 3.37. The maximum atomic E-state index is 12.6. The predicted octanol–water partition coefficient (Wildman–Crippen LogP) is 3.76. The quantitative estimate of drug-likeness (QED) is 0.801. The van der Waals surface area contributed by atoms with Gasteiger partial charge in [-0.3, -0.25) is 9.59 Å². The Balaban J connectivity index is 1.67. The molecule has 1 aliphatic carbocycles. The van der Waals surface area contributed by atoms with Crippen LogP contribution in [0.4, 0.5) is 17.1 Å². The van der Waals surface area contributed by atoms with Crippen LogP contribution in [-0.4, -0.2) is 25.9 Å². The van der Waals surface area contributed by atoms with Crippen LogP contribution in [0.3, 0.4) is 0 Å². The summed E-state index contributed by atoms with van der Waals surface area (Å²) in [5, 5.41) is 6.17. The van der Waals surface area contributed by atoms with E-state index in [0.29, 0.717) is 29.2 Å². The first-order valence-electron chi connectivity index (χ1n) is 8.07. The molecule has 0 heterocycles. The highest BCUT2D eigenvalue weighted by Crippen LogP contribution is 2.47. The number of halogens is 1. The Labute approximate surface area is 152 Å². The molecule has 0 aliphatic heterocycles. The summed E-state index contributed by atoms with van der Waals surface area (Å²) in [4.78, 5) is 27.1. The van der Waals surface area contributed by atoms with Crippen LogP contribution >= 0.6 is 11.6 Å². The molecule has 2 amide bonds. The van der Waals surface area contributed by atoms with Gasteiger partial charge in [0.2, 0.25) is 11.8 Å². The van der Waals surface area contributed by atoms with Crippen LogP contribution in [0.2, 0.25) is 5.02 Å². The molecule has 5 nitrogen and oxygen atoms in total. The van der Waals surface area contributed by atoms with Crippen LogP contribution in [0, 0.1) is 5.41 Å². The second kappa shape index (κ2) is 6.76. The largest absolute Gasteiger partial charge is 0.378 e. The van der Waals surface area contributed by atoms with Crippen LogP contribution in [0.1, 0.15) is 12.8 Å². The number of hydrogen-bond acceptors (Lipinski definition) is 3.